The smallest absolute Gasteiger partial charge is 0.339 e. The fourth-order valence-corrected chi connectivity index (χ4v) is 4.79. The zero-order chi connectivity index (χ0) is 25.9. The maximum absolute atomic E-state index is 13.4. The maximum Gasteiger partial charge on any atom is 0.339 e. The molecule has 0 aliphatic heterocycles. The van der Waals surface area contributed by atoms with Crippen LogP contribution in [0.3, 0.4) is 0 Å². The van der Waals surface area contributed by atoms with Gasteiger partial charge in [0.25, 0.3) is 5.91 Å². The molecule has 7 nitrogen and oxygen atoms in total. The highest BCUT2D eigenvalue weighted by Gasteiger charge is 2.34. The Morgan fingerprint density at radius 3 is 2.47 bits per heavy atom. The average Bonchev–Trinajstić information content (AvgIpc) is 2.90. The Morgan fingerprint density at radius 2 is 1.78 bits per heavy atom. The summed E-state index contributed by atoms with van der Waals surface area (Å²) in [6, 6.07) is 13.9. The van der Waals surface area contributed by atoms with Gasteiger partial charge < -0.3 is 14.8 Å². The number of amides is 1. The highest BCUT2D eigenvalue weighted by atomic mass is 16.5. The molecule has 1 aliphatic carbocycles. The van der Waals surface area contributed by atoms with Gasteiger partial charge in [0, 0.05) is 16.8 Å². The third-order valence-electron chi connectivity index (χ3n) is 7.40. The number of nitrogens with one attached hydrogen (secondary N) is 1. The number of hydrogen-bond donors (Lipinski definition) is 1. The van der Waals surface area contributed by atoms with Crippen molar-refractivity contribution in [1.82, 2.24) is 4.98 Å². The highest BCUT2D eigenvalue weighted by molar-refractivity contribution is 6.06. The third kappa shape index (κ3) is 5.25. The van der Waals surface area contributed by atoms with Gasteiger partial charge in [-0.3, -0.25) is 9.78 Å². The number of benzene rings is 2. The van der Waals surface area contributed by atoms with Crippen molar-refractivity contribution in [3.8, 4) is 0 Å². The van der Waals surface area contributed by atoms with Crippen molar-refractivity contribution in [2.24, 2.45) is 11.3 Å². The normalized spacial score (nSPS) is 15.2. The number of methoxy groups -OCH3 is 1. The second-order valence-corrected chi connectivity index (χ2v) is 9.90. The van der Waals surface area contributed by atoms with E-state index in [0.717, 1.165) is 47.8 Å². The molecule has 1 atom stereocenters. The lowest BCUT2D eigenvalue weighted by Gasteiger charge is -2.37. The minimum atomic E-state index is -0.518. The number of hydrogen-bond acceptors (Lipinski definition) is 6. The average molecular weight is 489 g/mol. The van der Waals surface area contributed by atoms with Crippen LogP contribution in [0, 0.1) is 11.3 Å². The zero-order valence-corrected chi connectivity index (χ0v) is 21.2. The molecule has 0 fully saturated rings. The predicted molar refractivity (Wildman–Crippen MR) is 138 cm³/mol. The lowest BCUT2D eigenvalue weighted by Crippen LogP contribution is -2.31. The Bertz CT molecular complexity index is 1300. The SMILES string of the molecule is CCC(C)(C)C1CCc2nc3ccccc3c(C(=O)OCC(=O)Nc3ccc(C(=O)OC)cc3)c2C1. The first-order valence-corrected chi connectivity index (χ1v) is 12.3. The number of para-hydroxylation sites is 1. The van der Waals surface area contributed by atoms with Crippen molar-refractivity contribution in [3.05, 3.63) is 70.9 Å². The molecule has 1 aromatic heterocycles. The van der Waals surface area contributed by atoms with E-state index in [4.69, 9.17) is 9.72 Å². The summed E-state index contributed by atoms with van der Waals surface area (Å²) in [7, 11) is 1.31. The lowest BCUT2D eigenvalue weighted by molar-refractivity contribution is -0.119. The number of ether oxygens (including phenoxy) is 2. The maximum atomic E-state index is 13.4. The van der Waals surface area contributed by atoms with Gasteiger partial charge in [0.15, 0.2) is 6.61 Å². The number of fused-ring (bicyclic) bond motifs is 2. The van der Waals surface area contributed by atoms with Crippen LogP contribution in [-0.2, 0) is 27.1 Å². The van der Waals surface area contributed by atoms with E-state index in [0.29, 0.717) is 22.7 Å². The second kappa shape index (κ2) is 10.5. The van der Waals surface area contributed by atoms with E-state index < -0.39 is 24.5 Å². The largest absolute Gasteiger partial charge is 0.465 e. The van der Waals surface area contributed by atoms with Crippen LogP contribution in [0.1, 0.15) is 65.6 Å². The number of nitrogens with zero attached hydrogens (tertiary/aromatic N) is 1. The molecule has 4 rings (SSSR count). The number of aryl methyl sites for hydroxylation is 1. The quantitative estimate of drug-likeness (QED) is 0.450. The van der Waals surface area contributed by atoms with Crippen LogP contribution >= 0.6 is 0 Å². The lowest BCUT2D eigenvalue weighted by atomic mass is 9.68. The van der Waals surface area contributed by atoms with Crippen LogP contribution in [0.25, 0.3) is 10.9 Å². The molecular weight excluding hydrogens is 456 g/mol. The van der Waals surface area contributed by atoms with E-state index in [9.17, 15) is 14.4 Å². The van der Waals surface area contributed by atoms with E-state index >= 15 is 0 Å². The van der Waals surface area contributed by atoms with Gasteiger partial charge in [0.05, 0.1) is 23.8 Å². The van der Waals surface area contributed by atoms with Crippen molar-refractivity contribution >= 4 is 34.4 Å². The second-order valence-electron chi connectivity index (χ2n) is 9.90. The third-order valence-corrected chi connectivity index (χ3v) is 7.40. The minimum absolute atomic E-state index is 0.147. The van der Waals surface area contributed by atoms with Crippen molar-refractivity contribution in [3.63, 3.8) is 0 Å². The van der Waals surface area contributed by atoms with Crippen LogP contribution in [0.15, 0.2) is 48.5 Å². The Hall–Kier alpha value is -3.74. The summed E-state index contributed by atoms with van der Waals surface area (Å²) in [5.74, 6) is -1.01. The van der Waals surface area contributed by atoms with Gasteiger partial charge in [-0.05, 0) is 66.5 Å². The van der Waals surface area contributed by atoms with Crippen LogP contribution < -0.4 is 5.32 Å². The van der Waals surface area contributed by atoms with Crippen molar-refractivity contribution in [1.29, 1.82) is 0 Å². The van der Waals surface area contributed by atoms with Crippen LogP contribution in [0.2, 0.25) is 0 Å². The van der Waals surface area contributed by atoms with E-state index in [1.54, 1.807) is 24.3 Å². The molecule has 3 aromatic rings. The summed E-state index contributed by atoms with van der Waals surface area (Å²) in [6.07, 6.45) is 3.66. The summed E-state index contributed by atoms with van der Waals surface area (Å²) in [6.45, 7) is 6.33. The van der Waals surface area contributed by atoms with Gasteiger partial charge in [-0.25, -0.2) is 9.59 Å². The molecule has 1 heterocycles. The number of pyridine rings is 1. The molecular formula is C29H32N2O5. The summed E-state index contributed by atoms with van der Waals surface area (Å²) in [5.41, 5.74) is 4.16. The molecule has 1 unspecified atom stereocenters. The van der Waals surface area contributed by atoms with Crippen molar-refractivity contribution in [2.75, 3.05) is 19.0 Å². The topological polar surface area (TPSA) is 94.6 Å². The zero-order valence-electron chi connectivity index (χ0n) is 21.2. The van der Waals surface area contributed by atoms with Gasteiger partial charge in [-0.15, -0.1) is 0 Å². The Kier molecular flexibility index (Phi) is 7.38. The number of carbonyl (C=O) groups is 3. The number of carbonyl (C=O) groups excluding carboxylic acids is 3. The Balaban J connectivity index is 1.53. The fourth-order valence-electron chi connectivity index (χ4n) is 4.79. The molecule has 0 saturated carbocycles. The van der Waals surface area contributed by atoms with Crippen LogP contribution in [0.5, 0.6) is 0 Å². The molecule has 2 aromatic carbocycles. The van der Waals surface area contributed by atoms with Crippen molar-refractivity contribution in [2.45, 2.75) is 46.5 Å². The number of aromatic nitrogens is 1. The van der Waals surface area contributed by atoms with Crippen molar-refractivity contribution < 1.29 is 23.9 Å². The first-order valence-electron chi connectivity index (χ1n) is 12.3. The van der Waals surface area contributed by atoms with Gasteiger partial charge in [-0.2, -0.15) is 0 Å². The first-order chi connectivity index (χ1) is 17.2. The van der Waals surface area contributed by atoms with Crippen LogP contribution in [0.4, 0.5) is 5.69 Å². The predicted octanol–water partition coefficient (Wildman–Crippen LogP) is 5.36. The number of anilines is 1. The fraction of sp³-hybridized carbons (Fsp3) is 0.379. The molecule has 1 aliphatic rings. The van der Waals surface area contributed by atoms with Gasteiger partial charge in [0.2, 0.25) is 0 Å². The van der Waals surface area contributed by atoms with E-state index in [1.165, 1.54) is 7.11 Å². The molecule has 36 heavy (non-hydrogen) atoms. The number of esters is 2. The molecule has 0 radical (unpaired) electrons. The molecule has 7 heteroatoms. The molecule has 0 spiro atoms. The molecule has 0 saturated heterocycles. The Morgan fingerprint density at radius 1 is 1.06 bits per heavy atom. The van der Waals surface area contributed by atoms with Crippen LogP contribution in [-0.4, -0.2) is 36.5 Å². The van der Waals surface area contributed by atoms with E-state index in [-0.39, 0.29) is 5.41 Å². The van der Waals surface area contributed by atoms with Gasteiger partial charge >= 0.3 is 11.9 Å². The molecule has 1 amide bonds. The first kappa shape index (κ1) is 25.4. The highest BCUT2D eigenvalue weighted by Crippen LogP contribution is 2.41. The summed E-state index contributed by atoms with van der Waals surface area (Å²) in [5, 5.41) is 3.43. The van der Waals surface area contributed by atoms with E-state index in [2.05, 4.69) is 30.8 Å². The van der Waals surface area contributed by atoms with E-state index in [1.807, 2.05) is 24.3 Å². The minimum Gasteiger partial charge on any atom is -0.465 e. The Labute approximate surface area is 211 Å². The molecule has 0 bridgehead atoms. The van der Waals surface area contributed by atoms with Gasteiger partial charge in [-0.1, -0.05) is 45.4 Å². The molecule has 1 N–H and O–H groups in total. The summed E-state index contributed by atoms with van der Waals surface area (Å²) >= 11 is 0. The summed E-state index contributed by atoms with van der Waals surface area (Å²) < 4.78 is 10.2. The number of rotatable bonds is 7. The van der Waals surface area contributed by atoms with Gasteiger partial charge in [0.1, 0.15) is 0 Å². The molecule has 188 valence electrons. The standard InChI is InChI=1S/C29H32N2O5/c1-5-29(2,3)19-12-15-24-22(16-19)26(21-8-6-7-9-23(21)31-24)28(34)36-17-25(32)30-20-13-10-18(11-14-20)27(33)35-4/h6-11,13-14,19H,5,12,15-17H2,1-4H3,(H,30,32). The summed E-state index contributed by atoms with van der Waals surface area (Å²) in [4.78, 5) is 42.3. The monoisotopic (exact) mass is 488 g/mol.